The van der Waals surface area contributed by atoms with Gasteiger partial charge in [0.1, 0.15) is 6.54 Å². The summed E-state index contributed by atoms with van der Waals surface area (Å²) in [6.07, 6.45) is 1.99. The number of hydrogen-bond acceptors (Lipinski definition) is 3. The molecule has 1 aromatic heterocycles. The molecule has 0 fully saturated rings. The number of benzene rings is 2. The third-order valence-corrected chi connectivity index (χ3v) is 5.33. The van der Waals surface area contributed by atoms with Gasteiger partial charge in [0.2, 0.25) is 5.91 Å². The lowest BCUT2D eigenvalue weighted by Gasteiger charge is -2.30. The van der Waals surface area contributed by atoms with Gasteiger partial charge >= 0.3 is 0 Å². The second kappa shape index (κ2) is 7.12. The normalized spacial score (nSPS) is 13.5. The first-order valence-corrected chi connectivity index (χ1v) is 9.56. The van der Waals surface area contributed by atoms with Crippen molar-refractivity contribution < 1.29 is 4.79 Å². The summed E-state index contributed by atoms with van der Waals surface area (Å²) in [6, 6.07) is 14.4. The first-order valence-electron chi connectivity index (χ1n) is 9.15. The van der Waals surface area contributed by atoms with Crippen LogP contribution in [0, 0.1) is 18.6 Å². The molecule has 0 atom stereocenters. The standard InChI is InChI=1S/C21H22N4OS/c1-14-5-8-16(9-6-14)20-22-23-21(27)25(20)13-19(26)24-11-3-4-17-12-15(2)7-10-18(17)24/h5-10,12H,3-4,11,13H2,1-2H3,(H,23,27). The summed E-state index contributed by atoms with van der Waals surface area (Å²) in [5, 5.41) is 7.18. The van der Waals surface area contributed by atoms with E-state index in [1.807, 2.05) is 36.1 Å². The van der Waals surface area contributed by atoms with E-state index < -0.39 is 0 Å². The van der Waals surface area contributed by atoms with Crippen molar-refractivity contribution in [2.45, 2.75) is 33.2 Å². The van der Waals surface area contributed by atoms with Crippen LogP contribution < -0.4 is 4.90 Å². The van der Waals surface area contributed by atoms with Gasteiger partial charge in [-0.3, -0.25) is 14.5 Å². The minimum Gasteiger partial charge on any atom is -0.311 e. The number of nitrogens with zero attached hydrogens (tertiary/aromatic N) is 3. The number of H-pyrrole nitrogens is 1. The van der Waals surface area contributed by atoms with E-state index in [4.69, 9.17) is 12.2 Å². The molecular formula is C21H22N4OS. The molecule has 2 aromatic carbocycles. The molecule has 6 heteroatoms. The number of hydrogen-bond donors (Lipinski definition) is 1. The Morgan fingerprint density at radius 1 is 1.15 bits per heavy atom. The fourth-order valence-corrected chi connectivity index (χ4v) is 3.79. The molecule has 4 rings (SSSR count). The van der Waals surface area contributed by atoms with Gasteiger partial charge in [0, 0.05) is 17.8 Å². The second-order valence-corrected chi connectivity index (χ2v) is 7.47. The predicted octanol–water partition coefficient (Wildman–Crippen LogP) is 4.20. The monoisotopic (exact) mass is 378 g/mol. The molecule has 3 aromatic rings. The van der Waals surface area contributed by atoms with Crippen LogP contribution in [-0.2, 0) is 17.8 Å². The average Bonchev–Trinajstić information content (AvgIpc) is 3.02. The number of rotatable bonds is 3. The topological polar surface area (TPSA) is 53.9 Å². The molecule has 0 saturated carbocycles. The van der Waals surface area contributed by atoms with Crippen LogP contribution >= 0.6 is 12.2 Å². The molecule has 0 unspecified atom stereocenters. The van der Waals surface area contributed by atoms with Crippen LogP contribution in [0.5, 0.6) is 0 Å². The fourth-order valence-electron chi connectivity index (χ4n) is 3.59. The van der Waals surface area contributed by atoms with Gasteiger partial charge in [-0.15, -0.1) is 0 Å². The van der Waals surface area contributed by atoms with Crippen LogP contribution in [0.2, 0.25) is 0 Å². The van der Waals surface area contributed by atoms with Crippen molar-refractivity contribution in [2.75, 3.05) is 11.4 Å². The fraction of sp³-hybridized carbons (Fsp3) is 0.286. The van der Waals surface area contributed by atoms with Gasteiger partial charge in [0.25, 0.3) is 0 Å². The van der Waals surface area contributed by atoms with Crippen LogP contribution in [0.25, 0.3) is 11.4 Å². The average molecular weight is 379 g/mol. The highest BCUT2D eigenvalue weighted by molar-refractivity contribution is 7.71. The maximum absolute atomic E-state index is 13.1. The molecule has 2 heterocycles. The highest BCUT2D eigenvalue weighted by Gasteiger charge is 2.24. The lowest BCUT2D eigenvalue weighted by atomic mass is 9.99. The lowest BCUT2D eigenvalue weighted by Crippen LogP contribution is -2.38. The molecule has 138 valence electrons. The SMILES string of the molecule is Cc1ccc(-c2n[nH]c(=S)n2CC(=O)N2CCCc3cc(C)ccc32)cc1. The van der Waals surface area contributed by atoms with Crippen molar-refractivity contribution in [1.82, 2.24) is 14.8 Å². The summed E-state index contributed by atoms with van der Waals surface area (Å²) in [6.45, 7) is 5.03. The number of aromatic nitrogens is 3. The number of nitrogens with one attached hydrogen (secondary N) is 1. The Hall–Kier alpha value is -2.73. The summed E-state index contributed by atoms with van der Waals surface area (Å²) in [4.78, 5) is 15.0. The first kappa shape index (κ1) is 17.7. The van der Waals surface area contributed by atoms with Gasteiger partial charge in [-0.2, -0.15) is 5.10 Å². The second-order valence-electron chi connectivity index (χ2n) is 7.09. The van der Waals surface area contributed by atoms with Gasteiger partial charge in [-0.25, -0.2) is 0 Å². The van der Waals surface area contributed by atoms with Crippen LogP contribution in [0.3, 0.4) is 0 Å². The molecular weight excluding hydrogens is 356 g/mol. The van der Waals surface area contributed by atoms with E-state index in [-0.39, 0.29) is 12.5 Å². The Morgan fingerprint density at radius 2 is 1.89 bits per heavy atom. The summed E-state index contributed by atoms with van der Waals surface area (Å²) < 4.78 is 2.24. The minimum atomic E-state index is 0.0330. The largest absolute Gasteiger partial charge is 0.311 e. The molecule has 27 heavy (non-hydrogen) atoms. The number of anilines is 1. The van der Waals surface area contributed by atoms with Crippen molar-refractivity contribution in [3.05, 3.63) is 63.9 Å². The van der Waals surface area contributed by atoms with Gasteiger partial charge in [-0.1, -0.05) is 47.5 Å². The van der Waals surface area contributed by atoms with Crippen molar-refractivity contribution in [2.24, 2.45) is 0 Å². The minimum absolute atomic E-state index is 0.0330. The van der Waals surface area contributed by atoms with Crippen LogP contribution in [-0.4, -0.2) is 27.2 Å². The Kier molecular flexibility index (Phi) is 4.66. The third-order valence-electron chi connectivity index (χ3n) is 5.02. The van der Waals surface area contributed by atoms with E-state index in [0.717, 1.165) is 30.6 Å². The predicted molar refractivity (Wildman–Crippen MR) is 109 cm³/mol. The molecule has 0 aliphatic carbocycles. The highest BCUT2D eigenvalue weighted by Crippen LogP contribution is 2.28. The van der Waals surface area contributed by atoms with E-state index in [1.54, 1.807) is 4.57 Å². The van der Waals surface area contributed by atoms with Crippen molar-refractivity contribution in [1.29, 1.82) is 0 Å². The maximum Gasteiger partial charge on any atom is 0.247 e. The molecule has 0 bridgehead atoms. The maximum atomic E-state index is 13.1. The molecule has 1 aliphatic heterocycles. The molecule has 5 nitrogen and oxygen atoms in total. The molecule has 0 radical (unpaired) electrons. The van der Waals surface area contributed by atoms with Crippen molar-refractivity contribution >= 4 is 23.8 Å². The summed E-state index contributed by atoms with van der Waals surface area (Å²) in [5.74, 6) is 0.722. The molecule has 1 N–H and O–H groups in total. The van der Waals surface area contributed by atoms with Gasteiger partial charge in [-0.05, 0) is 50.5 Å². The number of amides is 1. The van der Waals surface area contributed by atoms with Crippen LogP contribution in [0.15, 0.2) is 42.5 Å². The van der Waals surface area contributed by atoms with Crippen LogP contribution in [0.1, 0.15) is 23.1 Å². The Bertz CT molecular complexity index is 1050. The molecule has 0 saturated heterocycles. The molecule has 0 spiro atoms. The van der Waals surface area contributed by atoms with Crippen molar-refractivity contribution in [3.63, 3.8) is 0 Å². The van der Waals surface area contributed by atoms with Crippen molar-refractivity contribution in [3.8, 4) is 11.4 Å². The smallest absolute Gasteiger partial charge is 0.247 e. The zero-order chi connectivity index (χ0) is 19.0. The zero-order valence-corrected chi connectivity index (χ0v) is 16.3. The lowest BCUT2D eigenvalue weighted by molar-refractivity contribution is -0.119. The quantitative estimate of drug-likeness (QED) is 0.695. The summed E-state index contributed by atoms with van der Waals surface area (Å²) in [5.41, 5.74) is 5.60. The summed E-state index contributed by atoms with van der Waals surface area (Å²) >= 11 is 5.39. The number of aromatic amines is 1. The molecule has 1 amide bonds. The Labute approximate surface area is 163 Å². The van der Waals surface area contributed by atoms with Gasteiger partial charge in [0.05, 0.1) is 0 Å². The molecule has 1 aliphatic rings. The van der Waals surface area contributed by atoms with E-state index in [2.05, 4.69) is 35.3 Å². The summed E-state index contributed by atoms with van der Waals surface area (Å²) in [7, 11) is 0. The van der Waals surface area contributed by atoms with E-state index >= 15 is 0 Å². The highest BCUT2D eigenvalue weighted by atomic mass is 32.1. The van der Waals surface area contributed by atoms with E-state index in [9.17, 15) is 4.79 Å². The zero-order valence-electron chi connectivity index (χ0n) is 15.5. The van der Waals surface area contributed by atoms with E-state index in [1.165, 1.54) is 16.7 Å². The van der Waals surface area contributed by atoms with E-state index in [0.29, 0.717) is 10.6 Å². The number of fused-ring (bicyclic) bond motifs is 1. The van der Waals surface area contributed by atoms with Crippen LogP contribution in [0.4, 0.5) is 5.69 Å². The Balaban J connectivity index is 1.64. The number of aryl methyl sites for hydroxylation is 3. The first-order chi connectivity index (χ1) is 13.0. The van der Waals surface area contributed by atoms with Gasteiger partial charge in [0.15, 0.2) is 10.6 Å². The third kappa shape index (κ3) is 3.45. The number of carbonyl (C=O) groups excluding carboxylic acids is 1. The van der Waals surface area contributed by atoms with Gasteiger partial charge < -0.3 is 4.90 Å². The number of carbonyl (C=O) groups is 1. The Morgan fingerprint density at radius 3 is 2.67 bits per heavy atom.